The van der Waals surface area contributed by atoms with Crippen molar-refractivity contribution in [2.75, 3.05) is 0 Å². The van der Waals surface area contributed by atoms with E-state index in [1.165, 1.54) is 0 Å². The van der Waals surface area contributed by atoms with Crippen molar-refractivity contribution in [3.63, 3.8) is 0 Å². The third-order valence-electron chi connectivity index (χ3n) is 1.46. The summed E-state index contributed by atoms with van der Waals surface area (Å²) in [4.78, 5) is 10.8. The molecule has 1 aromatic rings. The van der Waals surface area contributed by atoms with Gasteiger partial charge in [-0.15, -0.1) is 0 Å². The summed E-state index contributed by atoms with van der Waals surface area (Å²) < 4.78 is 1.61. The maximum Gasteiger partial charge on any atom is 0.253 e. The number of hydrogen-bond donors (Lipinski definition) is 0. The first-order valence-corrected chi connectivity index (χ1v) is 5.14. The Hall–Kier alpha value is 0.140. The van der Waals surface area contributed by atoms with E-state index in [0.29, 0.717) is 5.56 Å². The van der Waals surface area contributed by atoms with E-state index >= 15 is 0 Å². The zero-order chi connectivity index (χ0) is 9.30. The first kappa shape index (κ1) is 10.2. The topological polar surface area (TPSA) is 17.1 Å². The van der Waals surface area contributed by atoms with E-state index in [9.17, 15) is 4.79 Å². The minimum atomic E-state index is -0.456. The Kier molecular flexibility index (Phi) is 3.32. The fourth-order valence-corrected chi connectivity index (χ4v) is 2.05. The van der Waals surface area contributed by atoms with Gasteiger partial charge in [0.2, 0.25) is 0 Å². The molecule has 0 saturated carbocycles. The van der Waals surface area contributed by atoms with Crippen LogP contribution in [0.2, 0.25) is 0 Å². The largest absolute Gasteiger partial charge is 0.276 e. The van der Waals surface area contributed by atoms with Crippen molar-refractivity contribution >= 4 is 48.7 Å². The second-order valence-corrected chi connectivity index (χ2v) is 4.41. The van der Waals surface area contributed by atoms with Crippen LogP contribution in [0.1, 0.15) is 15.9 Å². The van der Waals surface area contributed by atoms with Gasteiger partial charge in [0.25, 0.3) is 5.24 Å². The van der Waals surface area contributed by atoms with Crippen LogP contribution in [0.25, 0.3) is 0 Å². The molecule has 1 rings (SSSR count). The summed E-state index contributed by atoms with van der Waals surface area (Å²) in [6.07, 6.45) is 0. The molecule has 12 heavy (non-hydrogen) atoms. The van der Waals surface area contributed by atoms with Gasteiger partial charge in [0.05, 0.1) is 0 Å². The first-order valence-electron chi connectivity index (χ1n) is 3.18. The highest BCUT2D eigenvalue weighted by molar-refractivity contribution is 9.11. The quantitative estimate of drug-likeness (QED) is 0.719. The SMILES string of the molecule is Cc1cc(Br)c(C(=O)Cl)cc1Br. The highest BCUT2D eigenvalue weighted by atomic mass is 79.9. The lowest BCUT2D eigenvalue weighted by Crippen LogP contribution is -1.91. The Balaban J connectivity index is 3.33. The van der Waals surface area contributed by atoms with Crippen LogP contribution in [0.15, 0.2) is 21.1 Å². The van der Waals surface area contributed by atoms with Gasteiger partial charge in [0, 0.05) is 14.5 Å². The molecule has 1 nitrogen and oxygen atoms in total. The normalized spacial score (nSPS) is 10.0. The fraction of sp³-hybridized carbons (Fsp3) is 0.125. The lowest BCUT2D eigenvalue weighted by atomic mass is 10.2. The smallest absolute Gasteiger partial charge is 0.253 e. The van der Waals surface area contributed by atoms with Crippen molar-refractivity contribution in [1.82, 2.24) is 0 Å². The summed E-state index contributed by atoms with van der Waals surface area (Å²) >= 11 is 11.9. The van der Waals surface area contributed by atoms with E-state index in [1.807, 2.05) is 13.0 Å². The number of carbonyl (C=O) groups excluding carboxylic acids is 1. The molecule has 0 aliphatic rings. The van der Waals surface area contributed by atoms with Crippen molar-refractivity contribution < 1.29 is 4.79 Å². The van der Waals surface area contributed by atoms with E-state index < -0.39 is 5.24 Å². The molecule has 0 aromatic heterocycles. The minimum Gasteiger partial charge on any atom is -0.276 e. The van der Waals surface area contributed by atoms with Crippen molar-refractivity contribution in [2.24, 2.45) is 0 Å². The Morgan fingerprint density at radius 3 is 2.42 bits per heavy atom. The Bertz CT molecular complexity index is 336. The van der Waals surface area contributed by atoms with Gasteiger partial charge in [-0.2, -0.15) is 0 Å². The Labute approximate surface area is 92.4 Å². The lowest BCUT2D eigenvalue weighted by Gasteiger charge is -2.02. The lowest BCUT2D eigenvalue weighted by molar-refractivity contribution is 0.108. The maximum atomic E-state index is 10.8. The third kappa shape index (κ3) is 2.09. The molecule has 64 valence electrons. The van der Waals surface area contributed by atoms with Gasteiger partial charge < -0.3 is 0 Å². The second-order valence-electron chi connectivity index (χ2n) is 2.35. The van der Waals surface area contributed by atoms with E-state index in [0.717, 1.165) is 14.5 Å². The van der Waals surface area contributed by atoms with Gasteiger partial charge in [-0.05, 0) is 52.2 Å². The zero-order valence-electron chi connectivity index (χ0n) is 6.20. The summed E-state index contributed by atoms with van der Waals surface area (Å²) in [5, 5.41) is -0.456. The standard InChI is InChI=1S/C8H5Br2ClO/c1-4-2-7(10)5(8(11)12)3-6(4)9/h2-3H,1H3. The van der Waals surface area contributed by atoms with Crippen LogP contribution in [0, 0.1) is 6.92 Å². The number of hydrogen-bond acceptors (Lipinski definition) is 1. The van der Waals surface area contributed by atoms with Crippen LogP contribution in [0.3, 0.4) is 0 Å². The number of carbonyl (C=O) groups is 1. The molecule has 1 aromatic carbocycles. The molecular weight excluding hydrogens is 307 g/mol. The molecule has 0 heterocycles. The van der Waals surface area contributed by atoms with Crippen molar-refractivity contribution in [2.45, 2.75) is 6.92 Å². The van der Waals surface area contributed by atoms with Gasteiger partial charge in [-0.1, -0.05) is 15.9 Å². The van der Waals surface area contributed by atoms with Gasteiger partial charge in [-0.25, -0.2) is 0 Å². The monoisotopic (exact) mass is 310 g/mol. The Morgan fingerprint density at radius 2 is 1.92 bits per heavy atom. The predicted molar refractivity (Wildman–Crippen MR) is 56.8 cm³/mol. The molecule has 4 heteroatoms. The van der Waals surface area contributed by atoms with Crippen molar-refractivity contribution in [3.8, 4) is 0 Å². The molecule has 0 aliphatic heterocycles. The molecule has 0 bridgehead atoms. The van der Waals surface area contributed by atoms with Gasteiger partial charge in [-0.3, -0.25) is 4.79 Å². The molecule has 0 radical (unpaired) electrons. The molecule has 0 spiro atoms. The van der Waals surface area contributed by atoms with Crippen LogP contribution in [-0.4, -0.2) is 5.24 Å². The van der Waals surface area contributed by atoms with Crippen LogP contribution < -0.4 is 0 Å². The molecule has 0 N–H and O–H groups in total. The van der Waals surface area contributed by atoms with Crippen molar-refractivity contribution in [1.29, 1.82) is 0 Å². The zero-order valence-corrected chi connectivity index (χ0v) is 10.1. The average Bonchev–Trinajstić information content (AvgIpc) is 1.96. The number of aryl methyl sites for hydroxylation is 1. The molecule has 0 amide bonds. The van der Waals surface area contributed by atoms with E-state index in [2.05, 4.69) is 31.9 Å². The number of halogens is 3. The van der Waals surface area contributed by atoms with Crippen LogP contribution in [0.5, 0.6) is 0 Å². The van der Waals surface area contributed by atoms with E-state index in [1.54, 1.807) is 6.07 Å². The van der Waals surface area contributed by atoms with Crippen LogP contribution in [0.4, 0.5) is 0 Å². The second kappa shape index (κ2) is 3.90. The number of benzene rings is 1. The molecule has 0 aliphatic carbocycles. The van der Waals surface area contributed by atoms with Gasteiger partial charge >= 0.3 is 0 Å². The maximum absolute atomic E-state index is 10.8. The number of rotatable bonds is 1. The summed E-state index contributed by atoms with van der Waals surface area (Å²) in [6.45, 7) is 1.94. The Morgan fingerprint density at radius 1 is 1.33 bits per heavy atom. The molecule has 0 atom stereocenters. The van der Waals surface area contributed by atoms with Crippen molar-refractivity contribution in [3.05, 3.63) is 32.2 Å². The first-order chi connectivity index (χ1) is 5.52. The molecular formula is C8H5Br2ClO. The third-order valence-corrected chi connectivity index (χ3v) is 3.17. The van der Waals surface area contributed by atoms with E-state index in [-0.39, 0.29) is 0 Å². The molecule has 0 fully saturated rings. The summed E-state index contributed by atoms with van der Waals surface area (Å²) in [5.74, 6) is 0. The molecule has 0 saturated heterocycles. The highest BCUT2D eigenvalue weighted by Crippen LogP contribution is 2.26. The summed E-state index contributed by atoms with van der Waals surface area (Å²) in [7, 11) is 0. The van der Waals surface area contributed by atoms with Crippen LogP contribution in [-0.2, 0) is 0 Å². The predicted octanol–water partition coefficient (Wildman–Crippen LogP) is 3.90. The highest BCUT2D eigenvalue weighted by Gasteiger charge is 2.08. The van der Waals surface area contributed by atoms with Gasteiger partial charge in [0.15, 0.2) is 0 Å². The van der Waals surface area contributed by atoms with Crippen LogP contribution >= 0.6 is 43.5 Å². The average molecular weight is 312 g/mol. The summed E-state index contributed by atoms with van der Waals surface area (Å²) in [5.41, 5.74) is 1.54. The fourth-order valence-electron chi connectivity index (χ4n) is 0.797. The molecule has 0 unspecified atom stereocenters. The minimum absolute atomic E-state index is 0.456. The summed E-state index contributed by atoms with van der Waals surface area (Å²) in [6, 6.07) is 3.55. The van der Waals surface area contributed by atoms with E-state index in [4.69, 9.17) is 11.6 Å². The van der Waals surface area contributed by atoms with Gasteiger partial charge in [0.1, 0.15) is 0 Å².